The van der Waals surface area contributed by atoms with Crippen molar-refractivity contribution in [2.75, 3.05) is 20.2 Å². The number of nitrogens with zero attached hydrogens (tertiary/aromatic N) is 1. The van der Waals surface area contributed by atoms with Crippen LogP contribution in [0.3, 0.4) is 0 Å². The molecule has 0 amide bonds. The van der Waals surface area contributed by atoms with Crippen LogP contribution in [0.25, 0.3) is 0 Å². The van der Waals surface area contributed by atoms with Crippen LogP contribution in [0.15, 0.2) is 0 Å². The maximum atomic E-state index is 10.5. The third-order valence-electron chi connectivity index (χ3n) is 3.48. The minimum absolute atomic E-state index is 0.270. The zero-order valence-corrected chi connectivity index (χ0v) is 11.0. The van der Waals surface area contributed by atoms with Crippen molar-refractivity contribution in [2.24, 2.45) is 0 Å². The smallest absolute Gasteiger partial charge is 0.303 e. The summed E-state index contributed by atoms with van der Waals surface area (Å²) in [5.41, 5.74) is 0. The fourth-order valence-electron chi connectivity index (χ4n) is 2.45. The van der Waals surface area contributed by atoms with Crippen molar-refractivity contribution in [1.29, 1.82) is 0 Å². The third-order valence-corrected chi connectivity index (χ3v) is 3.48. The van der Waals surface area contributed by atoms with E-state index in [9.17, 15) is 4.79 Å². The van der Waals surface area contributed by atoms with Crippen LogP contribution in [0.2, 0.25) is 0 Å². The van der Waals surface area contributed by atoms with Gasteiger partial charge in [-0.05, 0) is 39.3 Å². The van der Waals surface area contributed by atoms with Crippen LogP contribution in [-0.4, -0.2) is 48.3 Å². The van der Waals surface area contributed by atoms with Gasteiger partial charge in [0.05, 0.1) is 6.10 Å². The molecule has 0 radical (unpaired) electrons. The highest BCUT2D eigenvalue weighted by atomic mass is 16.5. The van der Waals surface area contributed by atoms with Gasteiger partial charge in [-0.2, -0.15) is 0 Å². The molecule has 100 valence electrons. The monoisotopic (exact) mass is 243 g/mol. The van der Waals surface area contributed by atoms with E-state index >= 15 is 0 Å². The van der Waals surface area contributed by atoms with Crippen molar-refractivity contribution in [3.8, 4) is 0 Å². The first kappa shape index (κ1) is 14.5. The number of carbonyl (C=O) groups is 1. The molecular weight excluding hydrogens is 218 g/mol. The fraction of sp³-hybridized carbons (Fsp3) is 0.923. The summed E-state index contributed by atoms with van der Waals surface area (Å²) < 4.78 is 5.72. The largest absolute Gasteiger partial charge is 0.481 e. The minimum atomic E-state index is -0.700. The molecule has 0 spiro atoms. The van der Waals surface area contributed by atoms with Crippen molar-refractivity contribution in [2.45, 2.75) is 57.6 Å². The summed E-state index contributed by atoms with van der Waals surface area (Å²) in [6, 6.07) is 0.564. The Balaban J connectivity index is 2.25. The summed E-state index contributed by atoms with van der Waals surface area (Å²) in [5.74, 6) is -0.700. The Morgan fingerprint density at radius 1 is 1.53 bits per heavy atom. The standard InChI is InChI=1S/C13H25NO3/c1-3-5-12-10-11(7-9-17-12)14(2)8-4-6-13(15)16/h11-12H,3-10H2,1-2H3,(H,15,16). The molecule has 0 aromatic heterocycles. The van der Waals surface area contributed by atoms with Gasteiger partial charge in [-0.15, -0.1) is 0 Å². The van der Waals surface area contributed by atoms with Gasteiger partial charge in [0, 0.05) is 19.1 Å². The molecule has 0 aromatic rings. The Morgan fingerprint density at radius 2 is 2.29 bits per heavy atom. The first-order valence-corrected chi connectivity index (χ1v) is 6.67. The molecule has 0 aromatic carbocycles. The number of rotatable bonds is 7. The lowest BCUT2D eigenvalue weighted by Gasteiger charge is -2.35. The van der Waals surface area contributed by atoms with Gasteiger partial charge in [0.15, 0.2) is 0 Å². The van der Waals surface area contributed by atoms with Gasteiger partial charge < -0.3 is 14.7 Å². The summed E-state index contributed by atoms with van der Waals surface area (Å²) in [6.07, 6.45) is 5.88. The molecule has 1 aliphatic rings. The van der Waals surface area contributed by atoms with Crippen LogP contribution >= 0.6 is 0 Å². The molecule has 2 atom stereocenters. The molecule has 1 aliphatic heterocycles. The Hall–Kier alpha value is -0.610. The van der Waals surface area contributed by atoms with Crippen molar-refractivity contribution in [3.05, 3.63) is 0 Å². The van der Waals surface area contributed by atoms with Gasteiger partial charge in [-0.3, -0.25) is 4.79 Å². The van der Waals surface area contributed by atoms with Crippen LogP contribution < -0.4 is 0 Å². The van der Waals surface area contributed by atoms with Crippen LogP contribution in [-0.2, 0) is 9.53 Å². The lowest BCUT2D eigenvalue weighted by atomic mass is 9.99. The molecule has 1 saturated heterocycles. The quantitative estimate of drug-likeness (QED) is 0.744. The summed E-state index contributed by atoms with van der Waals surface area (Å²) in [6.45, 7) is 3.90. The van der Waals surface area contributed by atoms with Gasteiger partial charge in [-0.25, -0.2) is 0 Å². The molecular formula is C13H25NO3. The molecule has 2 unspecified atom stereocenters. The molecule has 0 aliphatic carbocycles. The average molecular weight is 243 g/mol. The van der Waals surface area contributed by atoms with Gasteiger partial charge >= 0.3 is 5.97 Å². The molecule has 4 nitrogen and oxygen atoms in total. The Labute approximate surface area is 104 Å². The number of ether oxygens (including phenoxy) is 1. The van der Waals surface area contributed by atoms with Crippen molar-refractivity contribution < 1.29 is 14.6 Å². The van der Waals surface area contributed by atoms with Gasteiger partial charge in [0.1, 0.15) is 0 Å². The van der Waals surface area contributed by atoms with Crippen molar-refractivity contribution in [3.63, 3.8) is 0 Å². The Kier molecular flexibility index (Phi) is 6.52. The molecule has 1 fully saturated rings. The third kappa shape index (κ3) is 5.50. The number of carboxylic acid groups (broad SMARTS) is 1. The second-order valence-corrected chi connectivity index (χ2v) is 4.94. The van der Waals surface area contributed by atoms with Crippen molar-refractivity contribution >= 4 is 5.97 Å². The van der Waals surface area contributed by atoms with E-state index in [2.05, 4.69) is 18.9 Å². The van der Waals surface area contributed by atoms with Crippen LogP contribution in [0.1, 0.15) is 45.4 Å². The van der Waals surface area contributed by atoms with Gasteiger partial charge in [-0.1, -0.05) is 13.3 Å². The number of aliphatic carboxylic acids is 1. The molecule has 1 N–H and O–H groups in total. The second-order valence-electron chi connectivity index (χ2n) is 4.94. The van der Waals surface area contributed by atoms with Gasteiger partial charge in [0.25, 0.3) is 0 Å². The lowest BCUT2D eigenvalue weighted by molar-refractivity contribution is -0.137. The molecule has 0 saturated carbocycles. The zero-order valence-electron chi connectivity index (χ0n) is 11.0. The van der Waals surface area contributed by atoms with E-state index in [1.54, 1.807) is 0 Å². The molecule has 0 bridgehead atoms. The SMILES string of the molecule is CCCC1CC(N(C)CCCC(=O)O)CCO1. The number of hydrogen-bond acceptors (Lipinski definition) is 3. The average Bonchev–Trinajstić information content (AvgIpc) is 2.29. The predicted octanol–water partition coefficient (Wildman–Crippen LogP) is 2.13. The molecule has 1 heterocycles. The second kappa shape index (κ2) is 7.67. The van der Waals surface area contributed by atoms with E-state index in [4.69, 9.17) is 9.84 Å². The summed E-state index contributed by atoms with van der Waals surface area (Å²) >= 11 is 0. The lowest BCUT2D eigenvalue weighted by Crippen LogP contribution is -2.40. The van der Waals surface area contributed by atoms with E-state index in [-0.39, 0.29) is 6.42 Å². The summed E-state index contributed by atoms with van der Waals surface area (Å²) in [5, 5.41) is 8.61. The highest BCUT2D eigenvalue weighted by molar-refractivity contribution is 5.66. The molecule has 1 rings (SSSR count). The minimum Gasteiger partial charge on any atom is -0.481 e. The van der Waals surface area contributed by atoms with E-state index in [0.29, 0.717) is 12.1 Å². The van der Waals surface area contributed by atoms with Crippen molar-refractivity contribution in [1.82, 2.24) is 4.90 Å². The highest BCUT2D eigenvalue weighted by Crippen LogP contribution is 2.21. The van der Waals surface area contributed by atoms with Crippen LogP contribution in [0.5, 0.6) is 0 Å². The highest BCUT2D eigenvalue weighted by Gasteiger charge is 2.24. The first-order chi connectivity index (χ1) is 8.13. The normalized spacial score (nSPS) is 25.1. The van der Waals surface area contributed by atoms with Gasteiger partial charge in [0.2, 0.25) is 0 Å². The van der Waals surface area contributed by atoms with E-state index in [1.807, 2.05) is 0 Å². The van der Waals surface area contributed by atoms with E-state index < -0.39 is 5.97 Å². The Morgan fingerprint density at radius 3 is 2.94 bits per heavy atom. The number of hydrogen-bond donors (Lipinski definition) is 1. The maximum absolute atomic E-state index is 10.5. The molecule has 17 heavy (non-hydrogen) atoms. The predicted molar refractivity (Wildman–Crippen MR) is 67.2 cm³/mol. The Bertz CT molecular complexity index is 231. The zero-order chi connectivity index (χ0) is 12.7. The van der Waals surface area contributed by atoms with Crippen LogP contribution in [0, 0.1) is 0 Å². The fourth-order valence-corrected chi connectivity index (χ4v) is 2.45. The summed E-state index contributed by atoms with van der Waals surface area (Å²) in [7, 11) is 2.10. The maximum Gasteiger partial charge on any atom is 0.303 e. The topological polar surface area (TPSA) is 49.8 Å². The number of carboxylic acids is 1. The van der Waals surface area contributed by atoms with E-state index in [1.165, 1.54) is 6.42 Å². The molecule has 4 heteroatoms. The van der Waals surface area contributed by atoms with E-state index in [0.717, 1.165) is 38.8 Å². The summed E-state index contributed by atoms with van der Waals surface area (Å²) in [4.78, 5) is 12.8. The first-order valence-electron chi connectivity index (χ1n) is 6.67. The van der Waals surface area contributed by atoms with Crippen LogP contribution in [0.4, 0.5) is 0 Å².